The van der Waals surface area contributed by atoms with Gasteiger partial charge in [0.1, 0.15) is 6.10 Å². The number of carbonyl (C=O) groups excluding carboxylic acids is 1. The predicted octanol–water partition coefficient (Wildman–Crippen LogP) is 1.98. The number of benzene rings is 1. The molecule has 2 aromatic rings. The molecule has 1 saturated heterocycles. The van der Waals surface area contributed by atoms with E-state index in [1.165, 1.54) is 23.4 Å². The minimum absolute atomic E-state index is 0.120. The van der Waals surface area contributed by atoms with Gasteiger partial charge in [-0.2, -0.15) is 4.31 Å². The molecule has 150 valence electrons. The SMILES string of the molecule is CC(=O)c1cccc(S(=O)(=O)N2CCCC(Oc3nccnc3N(C)C)C2)c1. The smallest absolute Gasteiger partial charge is 0.257 e. The van der Waals surface area contributed by atoms with E-state index in [2.05, 4.69) is 9.97 Å². The van der Waals surface area contributed by atoms with E-state index in [-0.39, 0.29) is 23.3 Å². The standard InChI is InChI=1S/C19H24N4O4S/c1-14(24)15-6-4-8-17(12-15)28(25,26)23-11-5-7-16(13-23)27-19-18(22(2)3)20-9-10-21-19/h4,6,8-10,12,16H,5,7,11,13H2,1-3H3. The number of ether oxygens (including phenoxy) is 1. The number of nitrogens with zero attached hydrogens (tertiary/aromatic N) is 4. The first kappa shape index (κ1) is 20.2. The van der Waals surface area contributed by atoms with Crippen LogP contribution in [-0.2, 0) is 10.0 Å². The predicted molar refractivity (Wildman–Crippen MR) is 105 cm³/mol. The fraction of sp³-hybridized carbons (Fsp3) is 0.421. The van der Waals surface area contributed by atoms with Gasteiger partial charge in [0.2, 0.25) is 10.0 Å². The maximum Gasteiger partial charge on any atom is 0.257 e. The number of carbonyl (C=O) groups is 1. The third kappa shape index (κ3) is 4.31. The number of Topliss-reactive ketones (excluding diaryl/α,β-unsaturated/α-hetero) is 1. The van der Waals surface area contributed by atoms with Gasteiger partial charge in [0.15, 0.2) is 11.6 Å². The summed E-state index contributed by atoms with van der Waals surface area (Å²) in [6, 6.07) is 6.14. The number of ketones is 1. The first-order valence-corrected chi connectivity index (χ1v) is 10.5. The number of anilines is 1. The Morgan fingerprint density at radius 2 is 2.00 bits per heavy atom. The lowest BCUT2D eigenvalue weighted by Crippen LogP contribution is -2.44. The Kier molecular flexibility index (Phi) is 5.95. The molecule has 3 rings (SSSR count). The van der Waals surface area contributed by atoms with Gasteiger partial charge in [-0.1, -0.05) is 12.1 Å². The molecule has 1 aliphatic rings. The van der Waals surface area contributed by atoms with Gasteiger partial charge in [-0.3, -0.25) is 4.79 Å². The zero-order valence-corrected chi connectivity index (χ0v) is 17.0. The van der Waals surface area contributed by atoms with Crippen LogP contribution < -0.4 is 9.64 Å². The molecule has 0 bridgehead atoms. The molecule has 9 heteroatoms. The monoisotopic (exact) mass is 404 g/mol. The Morgan fingerprint density at radius 1 is 1.25 bits per heavy atom. The molecular weight excluding hydrogens is 380 g/mol. The van der Waals surface area contributed by atoms with E-state index in [4.69, 9.17) is 4.74 Å². The molecule has 2 heterocycles. The van der Waals surface area contributed by atoms with Crippen LogP contribution in [0.1, 0.15) is 30.1 Å². The van der Waals surface area contributed by atoms with E-state index in [1.807, 2.05) is 14.1 Å². The Hall–Kier alpha value is -2.52. The molecule has 28 heavy (non-hydrogen) atoms. The van der Waals surface area contributed by atoms with Crippen LogP contribution >= 0.6 is 0 Å². The summed E-state index contributed by atoms with van der Waals surface area (Å²) in [7, 11) is -0.0275. The fourth-order valence-corrected chi connectivity index (χ4v) is 4.67. The first-order chi connectivity index (χ1) is 13.3. The second-order valence-electron chi connectivity index (χ2n) is 6.91. The summed E-state index contributed by atoms with van der Waals surface area (Å²) in [5, 5.41) is 0. The highest BCUT2D eigenvalue weighted by Gasteiger charge is 2.32. The molecule has 0 amide bonds. The minimum atomic E-state index is -3.72. The van der Waals surface area contributed by atoms with Gasteiger partial charge in [0, 0.05) is 38.6 Å². The van der Waals surface area contributed by atoms with Crippen LogP contribution in [0.15, 0.2) is 41.6 Å². The molecule has 0 radical (unpaired) electrons. The zero-order chi connectivity index (χ0) is 20.3. The van der Waals surface area contributed by atoms with Crippen molar-refractivity contribution < 1.29 is 17.9 Å². The molecule has 1 unspecified atom stereocenters. The van der Waals surface area contributed by atoms with Crippen LogP contribution in [0.4, 0.5) is 5.82 Å². The van der Waals surface area contributed by atoms with Crippen LogP contribution in [0.2, 0.25) is 0 Å². The molecule has 1 atom stereocenters. The third-order valence-electron chi connectivity index (χ3n) is 4.57. The lowest BCUT2D eigenvalue weighted by molar-refractivity contribution is 0.101. The largest absolute Gasteiger partial charge is 0.470 e. The second-order valence-corrected chi connectivity index (χ2v) is 8.85. The highest BCUT2D eigenvalue weighted by atomic mass is 32.2. The average molecular weight is 404 g/mol. The van der Waals surface area contributed by atoms with E-state index in [9.17, 15) is 13.2 Å². The molecule has 1 aromatic heterocycles. The number of rotatable bonds is 6. The molecular formula is C19H24N4O4S. The molecule has 1 aliphatic heterocycles. The Labute approximate surface area is 165 Å². The molecule has 1 fully saturated rings. The van der Waals surface area contributed by atoms with Crippen LogP contribution in [0.3, 0.4) is 0 Å². The highest BCUT2D eigenvalue weighted by molar-refractivity contribution is 7.89. The summed E-state index contributed by atoms with van der Waals surface area (Å²) in [4.78, 5) is 22.0. The summed E-state index contributed by atoms with van der Waals surface area (Å²) >= 11 is 0. The van der Waals surface area contributed by atoms with Gasteiger partial charge in [0.25, 0.3) is 5.88 Å². The van der Waals surface area contributed by atoms with Crippen molar-refractivity contribution in [1.82, 2.24) is 14.3 Å². The van der Waals surface area contributed by atoms with E-state index in [1.54, 1.807) is 29.4 Å². The Bertz CT molecular complexity index is 962. The summed E-state index contributed by atoms with van der Waals surface area (Å²) in [5.74, 6) is 0.808. The van der Waals surface area contributed by atoms with Crippen LogP contribution in [0.25, 0.3) is 0 Å². The maximum absolute atomic E-state index is 13.1. The second kappa shape index (κ2) is 8.24. The minimum Gasteiger partial charge on any atom is -0.470 e. The van der Waals surface area contributed by atoms with Crippen molar-refractivity contribution in [2.75, 3.05) is 32.1 Å². The summed E-state index contributed by atoms with van der Waals surface area (Å²) in [5.41, 5.74) is 0.376. The maximum atomic E-state index is 13.1. The van der Waals surface area contributed by atoms with Crippen molar-refractivity contribution in [3.05, 3.63) is 42.2 Å². The van der Waals surface area contributed by atoms with Crippen molar-refractivity contribution in [2.45, 2.75) is 30.8 Å². The normalized spacial score (nSPS) is 17.9. The van der Waals surface area contributed by atoms with Crippen LogP contribution in [-0.4, -0.2) is 61.8 Å². The number of hydrogen-bond donors (Lipinski definition) is 0. The van der Waals surface area contributed by atoms with E-state index < -0.39 is 10.0 Å². The Morgan fingerprint density at radius 3 is 2.71 bits per heavy atom. The zero-order valence-electron chi connectivity index (χ0n) is 16.2. The highest BCUT2D eigenvalue weighted by Crippen LogP contribution is 2.26. The van der Waals surface area contributed by atoms with Gasteiger partial charge < -0.3 is 9.64 Å². The molecule has 0 spiro atoms. The van der Waals surface area contributed by atoms with Crippen molar-refractivity contribution in [3.63, 3.8) is 0 Å². The summed E-state index contributed by atoms with van der Waals surface area (Å²) in [6.45, 7) is 2.04. The lowest BCUT2D eigenvalue weighted by atomic mass is 10.1. The Balaban J connectivity index is 1.80. The number of piperidine rings is 1. The van der Waals surface area contributed by atoms with Crippen molar-refractivity contribution >= 4 is 21.6 Å². The van der Waals surface area contributed by atoms with Crippen molar-refractivity contribution in [1.29, 1.82) is 0 Å². The molecule has 0 saturated carbocycles. The number of aromatic nitrogens is 2. The van der Waals surface area contributed by atoms with Crippen LogP contribution in [0.5, 0.6) is 5.88 Å². The first-order valence-electron chi connectivity index (χ1n) is 9.05. The quantitative estimate of drug-likeness (QED) is 0.680. The van der Waals surface area contributed by atoms with Gasteiger partial charge in [-0.15, -0.1) is 0 Å². The molecule has 8 nitrogen and oxygen atoms in total. The van der Waals surface area contributed by atoms with Crippen LogP contribution in [0, 0.1) is 0 Å². The van der Waals surface area contributed by atoms with E-state index >= 15 is 0 Å². The van der Waals surface area contributed by atoms with Gasteiger partial charge >= 0.3 is 0 Å². The number of sulfonamides is 1. The van der Waals surface area contributed by atoms with Gasteiger partial charge in [-0.05, 0) is 31.9 Å². The molecule has 0 N–H and O–H groups in total. The van der Waals surface area contributed by atoms with Gasteiger partial charge in [-0.25, -0.2) is 18.4 Å². The fourth-order valence-electron chi connectivity index (χ4n) is 3.11. The number of hydrogen-bond acceptors (Lipinski definition) is 7. The lowest BCUT2D eigenvalue weighted by Gasteiger charge is -2.32. The van der Waals surface area contributed by atoms with Gasteiger partial charge in [0.05, 0.1) is 11.4 Å². The molecule has 1 aromatic carbocycles. The van der Waals surface area contributed by atoms with E-state index in [0.717, 1.165) is 6.42 Å². The van der Waals surface area contributed by atoms with Crippen molar-refractivity contribution in [2.24, 2.45) is 0 Å². The topological polar surface area (TPSA) is 92.7 Å². The third-order valence-corrected chi connectivity index (χ3v) is 6.43. The van der Waals surface area contributed by atoms with E-state index in [0.29, 0.717) is 30.2 Å². The summed E-state index contributed by atoms with van der Waals surface area (Å²) < 4.78 is 33.5. The average Bonchev–Trinajstić information content (AvgIpc) is 2.68. The van der Waals surface area contributed by atoms with Crippen molar-refractivity contribution in [3.8, 4) is 5.88 Å². The molecule has 0 aliphatic carbocycles. The summed E-state index contributed by atoms with van der Waals surface area (Å²) in [6.07, 6.45) is 4.21.